The van der Waals surface area contributed by atoms with E-state index in [2.05, 4.69) is 4.74 Å². The van der Waals surface area contributed by atoms with Crippen LogP contribution in [0.15, 0.2) is 30.3 Å². The summed E-state index contributed by atoms with van der Waals surface area (Å²) in [6.45, 7) is 2.21. The lowest BCUT2D eigenvalue weighted by molar-refractivity contribution is -0.145. The fraction of sp³-hybridized carbons (Fsp3) is 0.333. The maximum absolute atomic E-state index is 11.8. The van der Waals surface area contributed by atoms with Crippen LogP contribution in [0.3, 0.4) is 0 Å². The van der Waals surface area contributed by atoms with Crippen LogP contribution in [0.25, 0.3) is 0 Å². The second-order valence-corrected chi connectivity index (χ2v) is 3.75. The van der Waals surface area contributed by atoms with Crippen molar-refractivity contribution < 1.29 is 19.4 Å². The van der Waals surface area contributed by atoms with E-state index in [1.807, 2.05) is 0 Å². The fourth-order valence-corrected chi connectivity index (χ4v) is 1.21. The van der Waals surface area contributed by atoms with Crippen molar-refractivity contribution in [2.45, 2.75) is 19.4 Å². The number of ketones is 1. The lowest BCUT2D eigenvalue weighted by atomic mass is 9.96. The second-order valence-electron chi connectivity index (χ2n) is 3.75. The Hall–Kier alpha value is -1.68. The number of carbonyl (C=O) groups excluding carboxylic acids is 2. The molecule has 1 rings (SSSR count). The number of ether oxygens (including phenoxy) is 1. The Morgan fingerprint density at radius 1 is 1.31 bits per heavy atom. The number of carbonyl (C=O) groups is 2. The van der Waals surface area contributed by atoms with E-state index >= 15 is 0 Å². The fourth-order valence-electron chi connectivity index (χ4n) is 1.21. The molecule has 16 heavy (non-hydrogen) atoms. The van der Waals surface area contributed by atoms with Crippen molar-refractivity contribution in [2.75, 3.05) is 6.61 Å². The first-order valence-electron chi connectivity index (χ1n) is 4.89. The van der Waals surface area contributed by atoms with Crippen molar-refractivity contribution >= 4 is 11.8 Å². The molecule has 0 aliphatic carbocycles. The highest BCUT2D eigenvalue weighted by atomic mass is 16.5. The predicted molar refractivity (Wildman–Crippen MR) is 58.0 cm³/mol. The van der Waals surface area contributed by atoms with Gasteiger partial charge in [-0.25, -0.2) is 0 Å². The van der Waals surface area contributed by atoms with E-state index < -0.39 is 17.4 Å². The molecule has 0 heterocycles. The lowest BCUT2D eigenvalue weighted by Crippen LogP contribution is -2.40. The Balaban J connectivity index is 2.76. The summed E-state index contributed by atoms with van der Waals surface area (Å²) < 4.78 is 4.64. The number of esters is 1. The number of hydrogen-bond acceptors (Lipinski definition) is 4. The summed E-state index contributed by atoms with van der Waals surface area (Å²) in [6.07, 6.45) is 0. The monoisotopic (exact) mass is 222 g/mol. The van der Waals surface area contributed by atoms with E-state index in [9.17, 15) is 14.7 Å². The van der Waals surface area contributed by atoms with E-state index in [0.29, 0.717) is 5.56 Å². The zero-order valence-electron chi connectivity index (χ0n) is 9.27. The smallest absolute Gasteiger partial charge is 0.302 e. The number of hydrogen-bond donors (Lipinski definition) is 1. The molecule has 1 aromatic carbocycles. The van der Waals surface area contributed by atoms with E-state index in [0.717, 1.165) is 0 Å². The Morgan fingerprint density at radius 3 is 2.38 bits per heavy atom. The highest BCUT2D eigenvalue weighted by Crippen LogP contribution is 2.13. The quantitative estimate of drug-likeness (QED) is 0.613. The maximum atomic E-state index is 11.8. The van der Waals surface area contributed by atoms with Crippen LogP contribution in [0.2, 0.25) is 0 Å². The van der Waals surface area contributed by atoms with E-state index in [1.54, 1.807) is 30.3 Å². The third-order valence-corrected chi connectivity index (χ3v) is 2.08. The minimum Gasteiger partial charge on any atom is -0.462 e. The van der Waals surface area contributed by atoms with Gasteiger partial charge in [-0.15, -0.1) is 0 Å². The van der Waals surface area contributed by atoms with E-state index in [4.69, 9.17) is 0 Å². The minimum atomic E-state index is -1.69. The second kappa shape index (κ2) is 4.90. The molecule has 0 saturated carbocycles. The zero-order valence-corrected chi connectivity index (χ0v) is 9.27. The van der Waals surface area contributed by atoms with Crippen molar-refractivity contribution in [3.8, 4) is 0 Å². The van der Waals surface area contributed by atoms with Gasteiger partial charge in [0.2, 0.25) is 0 Å². The van der Waals surface area contributed by atoms with Gasteiger partial charge in [-0.05, 0) is 6.92 Å². The van der Waals surface area contributed by atoms with Crippen LogP contribution < -0.4 is 0 Å². The third kappa shape index (κ3) is 3.17. The molecular formula is C12H14O4. The summed E-state index contributed by atoms with van der Waals surface area (Å²) in [5.74, 6) is -0.990. The number of Topliss-reactive ketones (excluding diaryl/α,β-unsaturated/α-hetero) is 1. The number of rotatable bonds is 4. The normalized spacial score (nSPS) is 13.9. The zero-order chi connectivity index (χ0) is 12.2. The Kier molecular flexibility index (Phi) is 3.79. The molecule has 0 radical (unpaired) electrons. The molecule has 1 atom stereocenters. The lowest BCUT2D eigenvalue weighted by Gasteiger charge is -2.20. The number of benzene rings is 1. The molecule has 1 N–H and O–H groups in total. The molecule has 4 nitrogen and oxygen atoms in total. The van der Waals surface area contributed by atoms with Crippen LogP contribution in [0, 0.1) is 0 Å². The summed E-state index contributed by atoms with van der Waals surface area (Å²) in [4.78, 5) is 22.4. The molecule has 0 aliphatic heterocycles. The van der Waals surface area contributed by atoms with E-state index in [-0.39, 0.29) is 6.61 Å². The highest BCUT2D eigenvalue weighted by molar-refractivity contribution is 6.02. The summed E-state index contributed by atoms with van der Waals surface area (Å²) in [5.41, 5.74) is -1.30. The Labute approximate surface area is 93.9 Å². The van der Waals surface area contributed by atoms with Gasteiger partial charge in [0.05, 0.1) is 0 Å². The molecule has 4 heteroatoms. The molecule has 0 bridgehead atoms. The maximum Gasteiger partial charge on any atom is 0.302 e. The average Bonchev–Trinajstić information content (AvgIpc) is 2.27. The first-order valence-corrected chi connectivity index (χ1v) is 4.89. The van der Waals surface area contributed by atoms with Crippen molar-refractivity contribution in [3.63, 3.8) is 0 Å². The molecule has 1 unspecified atom stereocenters. The van der Waals surface area contributed by atoms with Crippen LogP contribution in [0.5, 0.6) is 0 Å². The third-order valence-electron chi connectivity index (χ3n) is 2.08. The van der Waals surface area contributed by atoms with E-state index in [1.165, 1.54) is 13.8 Å². The van der Waals surface area contributed by atoms with Crippen molar-refractivity contribution in [2.24, 2.45) is 0 Å². The summed E-state index contributed by atoms with van der Waals surface area (Å²) in [5, 5.41) is 9.86. The van der Waals surface area contributed by atoms with Gasteiger partial charge in [0.15, 0.2) is 11.4 Å². The Bertz CT molecular complexity index is 381. The standard InChI is InChI=1S/C12H14O4/c1-9(13)16-8-12(2,15)11(14)10-6-4-3-5-7-10/h3-7,15H,8H2,1-2H3. The summed E-state index contributed by atoms with van der Waals surface area (Å²) >= 11 is 0. The molecule has 0 spiro atoms. The number of aliphatic hydroxyl groups is 1. The first-order chi connectivity index (χ1) is 7.43. The summed E-state index contributed by atoms with van der Waals surface area (Å²) in [7, 11) is 0. The van der Waals surface area contributed by atoms with Crippen LogP contribution in [0.4, 0.5) is 0 Å². The van der Waals surface area contributed by atoms with Gasteiger partial charge in [0, 0.05) is 12.5 Å². The van der Waals surface area contributed by atoms with Crippen LogP contribution in [-0.2, 0) is 9.53 Å². The predicted octanol–water partition coefficient (Wildman–Crippen LogP) is 1.18. The molecule has 0 saturated heterocycles. The van der Waals surface area contributed by atoms with Gasteiger partial charge < -0.3 is 9.84 Å². The highest BCUT2D eigenvalue weighted by Gasteiger charge is 2.32. The molecule has 0 fully saturated rings. The van der Waals surface area contributed by atoms with Crippen molar-refractivity contribution in [1.29, 1.82) is 0 Å². The molecular weight excluding hydrogens is 208 g/mol. The van der Waals surface area contributed by atoms with Crippen LogP contribution in [0.1, 0.15) is 24.2 Å². The largest absolute Gasteiger partial charge is 0.462 e. The van der Waals surface area contributed by atoms with Gasteiger partial charge >= 0.3 is 5.97 Å². The van der Waals surface area contributed by atoms with Gasteiger partial charge in [-0.1, -0.05) is 30.3 Å². The van der Waals surface area contributed by atoms with Crippen molar-refractivity contribution in [3.05, 3.63) is 35.9 Å². The SMILES string of the molecule is CC(=O)OCC(C)(O)C(=O)c1ccccc1. The van der Waals surface area contributed by atoms with Crippen molar-refractivity contribution in [1.82, 2.24) is 0 Å². The molecule has 0 amide bonds. The van der Waals surface area contributed by atoms with Gasteiger partial charge in [-0.3, -0.25) is 9.59 Å². The molecule has 0 aliphatic rings. The molecule has 0 aromatic heterocycles. The topological polar surface area (TPSA) is 63.6 Å². The van der Waals surface area contributed by atoms with Gasteiger partial charge in [-0.2, -0.15) is 0 Å². The molecule has 1 aromatic rings. The molecule has 86 valence electrons. The average molecular weight is 222 g/mol. The first kappa shape index (κ1) is 12.4. The minimum absolute atomic E-state index is 0.337. The Morgan fingerprint density at radius 2 is 1.88 bits per heavy atom. The van der Waals surface area contributed by atoms with Gasteiger partial charge in [0.25, 0.3) is 0 Å². The van der Waals surface area contributed by atoms with Crippen LogP contribution in [-0.4, -0.2) is 29.1 Å². The van der Waals surface area contributed by atoms with Gasteiger partial charge in [0.1, 0.15) is 6.61 Å². The van der Waals surface area contributed by atoms with Crippen LogP contribution >= 0.6 is 0 Å². The summed E-state index contributed by atoms with van der Waals surface area (Å²) in [6, 6.07) is 8.39.